The fraction of sp³-hybridized carbons (Fsp3) is 0.588. The molecule has 1 aliphatic carbocycles. The van der Waals surface area contributed by atoms with E-state index in [1.165, 1.54) is 6.42 Å². The third-order valence-electron chi connectivity index (χ3n) is 4.68. The molecule has 116 valence electrons. The molecule has 2 rings (SSSR count). The van der Waals surface area contributed by atoms with Gasteiger partial charge in [-0.15, -0.1) is 0 Å². The molecule has 1 atom stereocenters. The summed E-state index contributed by atoms with van der Waals surface area (Å²) in [6, 6.07) is 7.68. The van der Waals surface area contributed by atoms with Crippen LogP contribution in [0.2, 0.25) is 5.02 Å². The van der Waals surface area contributed by atoms with Gasteiger partial charge < -0.3 is 10.6 Å². The number of carbonyl (C=O) groups is 1. The van der Waals surface area contributed by atoms with Crippen LogP contribution in [0.1, 0.15) is 57.1 Å². The Morgan fingerprint density at radius 3 is 2.43 bits per heavy atom. The molecule has 0 aromatic heterocycles. The van der Waals surface area contributed by atoms with E-state index in [0.29, 0.717) is 11.4 Å². The van der Waals surface area contributed by atoms with Gasteiger partial charge in [0.1, 0.15) is 0 Å². The molecule has 0 spiro atoms. The minimum atomic E-state index is -0.302. The van der Waals surface area contributed by atoms with Crippen LogP contribution >= 0.6 is 11.6 Å². The highest BCUT2D eigenvalue weighted by atomic mass is 35.5. The first kappa shape index (κ1) is 16.3. The van der Waals surface area contributed by atoms with E-state index in [0.717, 1.165) is 31.2 Å². The molecule has 21 heavy (non-hydrogen) atoms. The standard InChI is InChI=1S/C17H25ClN2O/c1-13(14-6-8-15(18)9-7-14)20(2)16(21)12-17(19)10-4-3-5-11-17/h6-9,13H,3-5,10-12,19H2,1-2H3. The second-order valence-electron chi connectivity index (χ2n) is 6.33. The molecule has 0 bridgehead atoms. The molecule has 3 nitrogen and oxygen atoms in total. The SMILES string of the molecule is CC(c1ccc(Cl)cc1)N(C)C(=O)CC1(N)CCCCC1. The van der Waals surface area contributed by atoms with E-state index in [1.54, 1.807) is 4.90 Å². The van der Waals surface area contributed by atoms with Crippen LogP contribution in [-0.2, 0) is 4.79 Å². The van der Waals surface area contributed by atoms with Crippen LogP contribution in [0, 0.1) is 0 Å². The maximum atomic E-state index is 12.5. The van der Waals surface area contributed by atoms with Gasteiger partial charge in [0.25, 0.3) is 0 Å². The number of carbonyl (C=O) groups excluding carboxylic acids is 1. The normalized spacial score (nSPS) is 19.0. The van der Waals surface area contributed by atoms with Crippen molar-refractivity contribution in [3.05, 3.63) is 34.9 Å². The van der Waals surface area contributed by atoms with Crippen molar-refractivity contribution < 1.29 is 4.79 Å². The van der Waals surface area contributed by atoms with Crippen LogP contribution < -0.4 is 5.73 Å². The Hall–Kier alpha value is -1.06. The van der Waals surface area contributed by atoms with Gasteiger partial charge in [-0.05, 0) is 37.5 Å². The molecule has 1 unspecified atom stereocenters. The largest absolute Gasteiger partial charge is 0.339 e. The van der Waals surface area contributed by atoms with Gasteiger partial charge in [-0.2, -0.15) is 0 Å². The van der Waals surface area contributed by atoms with Crippen molar-refractivity contribution in [2.24, 2.45) is 5.73 Å². The van der Waals surface area contributed by atoms with E-state index < -0.39 is 0 Å². The molecule has 1 amide bonds. The Labute approximate surface area is 132 Å². The number of halogens is 1. The summed E-state index contributed by atoms with van der Waals surface area (Å²) in [7, 11) is 1.85. The smallest absolute Gasteiger partial charge is 0.224 e. The van der Waals surface area contributed by atoms with Gasteiger partial charge in [0.2, 0.25) is 5.91 Å². The molecule has 4 heteroatoms. The molecule has 1 saturated carbocycles. The first-order valence-electron chi connectivity index (χ1n) is 7.71. The lowest BCUT2D eigenvalue weighted by Gasteiger charge is -2.35. The van der Waals surface area contributed by atoms with E-state index in [2.05, 4.69) is 0 Å². The number of hydrogen-bond donors (Lipinski definition) is 1. The van der Waals surface area contributed by atoms with E-state index in [1.807, 2.05) is 38.2 Å². The molecule has 0 heterocycles. The quantitative estimate of drug-likeness (QED) is 0.916. The number of hydrogen-bond acceptors (Lipinski definition) is 2. The molecular weight excluding hydrogens is 284 g/mol. The molecule has 1 fully saturated rings. The van der Waals surface area contributed by atoms with Crippen LogP contribution in [-0.4, -0.2) is 23.4 Å². The molecule has 0 radical (unpaired) electrons. The Morgan fingerprint density at radius 2 is 1.86 bits per heavy atom. The monoisotopic (exact) mass is 308 g/mol. The summed E-state index contributed by atoms with van der Waals surface area (Å²) in [4.78, 5) is 14.3. The highest BCUT2D eigenvalue weighted by molar-refractivity contribution is 6.30. The Balaban J connectivity index is 1.99. The van der Waals surface area contributed by atoms with E-state index in [4.69, 9.17) is 17.3 Å². The number of nitrogens with two attached hydrogens (primary N) is 1. The van der Waals surface area contributed by atoms with E-state index in [9.17, 15) is 4.79 Å². The molecule has 0 saturated heterocycles. The zero-order chi connectivity index (χ0) is 15.5. The summed E-state index contributed by atoms with van der Waals surface area (Å²) in [5, 5.41) is 0.711. The minimum Gasteiger partial charge on any atom is -0.339 e. The van der Waals surface area contributed by atoms with Crippen LogP contribution in [0.4, 0.5) is 0 Å². The molecule has 1 aliphatic rings. The highest BCUT2D eigenvalue weighted by Gasteiger charge is 2.32. The van der Waals surface area contributed by atoms with E-state index in [-0.39, 0.29) is 17.5 Å². The van der Waals surface area contributed by atoms with Crippen LogP contribution in [0.3, 0.4) is 0 Å². The first-order chi connectivity index (χ1) is 9.91. The second-order valence-corrected chi connectivity index (χ2v) is 6.77. The lowest BCUT2D eigenvalue weighted by Crippen LogP contribution is -2.46. The zero-order valence-electron chi connectivity index (χ0n) is 12.9. The topological polar surface area (TPSA) is 46.3 Å². The Bertz CT molecular complexity index is 480. The second kappa shape index (κ2) is 6.80. The summed E-state index contributed by atoms with van der Waals surface area (Å²) < 4.78 is 0. The van der Waals surface area contributed by atoms with Crippen molar-refractivity contribution in [2.45, 2.75) is 57.0 Å². The average molecular weight is 309 g/mol. The van der Waals surface area contributed by atoms with Crippen molar-refractivity contribution in [1.29, 1.82) is 0 Å². The Morgan fingerprint density at radius 1 is 1.29 bits per heavy atom. The molecule has 1 aromatic rings. The fourth-order valence-corrected chi connectivity index (χ4v) is 3.17. The lowest BCUT2D eigenvalue weighted by molar-refractivity contribution is -0.133. The van der Waals surface area contributed by atoms with Crippen molar-refractivity contribution in [3.63, 3.8) is 0 Å². The van der Waals surface area contributed by atoms with Gasteiger partial charge in [-0.1, -0.05) is 43.0 Å². The highest BCUT2D eigenvalue weighted by Crippen LogP contribution is 2.30. The van der Waals surface area contributed by atoms with E-state index >= 15 is 0 Å². The number of nitrogens with zero attached hydrogens (tertiary/aromatic N) is 1. The van der Waals surface area contributed by atoms with Gasteiger partial charge >= 0.3 is 0 Å². The number of rotatable bonds is 4. The Kier molecular flexibility index (Phi) is 5.28. The summed E-state index contributed by atoms with van der Waals surface area (Å²) in [6.45, 7) is 2.03. The minimum absolute atomic E-state index is 0.0296. The molecule has 1 aromatic carbocycles. The zero-order valence-corrected chi connectivity index (χ0v) is 13.7. The summed E-state index contributed by atoms with van der Waals surface area (Å²) in [6.07, 6.45) is 5.88. The summed E-state index contributed by atoms with van der Waals surface area (Å²) in [5.74, 6) is 0.127. The molecule has 0 aliphatic heterocycles. The first-order valence-corrected chi connectivity index (χ1v) is 8.09. The predicted octanol–water partition coefficient (Wildman–Crippen LogP) is 3.91. The third-order valence-corrected chi connectivity index (χ3v) is 4.93. The lowest BCUT2D eigenvalue weighted by atomic mass is 9.80. The van der Waals surface area contributed by atoms with Gasteiger partial charge in [0.15, 0.2) is 0 Å². The van der Waals surface area contributed by atoms with Crippen molar-refractivity contribution in [1.82, 2.24) is 4.90 Å². The predicted molar refractivity (Wildman–Crippen MR) is 87.3 cm³/mol. The van der Waals surface area contributed by atoms with Crippen molar-refractivity contribution in [2.75, 3.05) is 7.05 Å². The molecule has 2 N–H and O–H groups in total. The van der Waals surface area contributed by atoms with Crippen LogP contribution in [0.5, 0.6) is 0 Å². The maximum Gasteiger partial charge on any atom is 0.224 e. The maximum absolute atomic E-state index is 12.5. The van der Waals surface area contributed by atoms with Crippen molar-refractivity contribution >= 4 is 17.5 Å². The summed E-state index contributed by atoms with van der Waals surface area (Å²) >= 11 is 5.91. The van der Waals surface area contributed by atoms with Gasteiger partial charge in [0.05, 0.1) is 6.04 Å². The van der Waals surface area contributed by atoms with Crippen molar-refractivity contribution in [3.8, 4) is 0 Å². The fourth-order valence-electron chi connectivity index (χ4n) is 3.04. The number of amides is 1. The van der Waals surface area contributed by atoms with Crippen LogP contribution in [0.25, 0.3) is 0 Å². The van der Waals surface area contributed by atoms with Gasteiger partial charge in [0, 0.05) is 24.0 Å². The van der Waals surface area contributed by atoms with Crippen LogP contribution in [0.15, 0.2) is 24.3 Å². The molecular formula is C17H25ClN2O. The number of benzene rings is 1. The summed E-state index contributed by atoms with van der Waals surface area (Å²) in [5.41, 5.74) is 7.18. The average Bonchev–Trinajstić information content (AvgIpc) is 2.46. The third kappa shape index (κ3) is 4.21. The van der Waals surface area contributed by atoms with Gasteiger partial charge in [-0.3, -0.25) is 4.79 Å². The van der Waals surface area contributed by atoms with Gasteiger partial charge in [-0.25, -0.2) is 0 Å².